The number of carbonyl (C=O) groups is 1. The fourth-order valence-corrected chi connectivity index (χ4v) is 5.88. The van der Waals surface area contributed by atoms with E-state index < -0.39 is 10.0 Å². The third-order valence-electron chi connectivity index (χ3n) is 5.37. The summed E-state index contributed by atoms with van der Waals surface area (Å²) in [5.74, 6) is 0.480. The number of aromatic nitrogens is 3. The van der Waals surface area contributed by atoms with Gasteiger partial charge in [0, 0.05) is 44.4 Å². The van der Waals surface area contributed by atoms with Gasteiger partial charge in [-0.25, -0.2) is 8.42 Å². The van der Waals surface area contributed by atoms with Crippen LogP contribution in [0.25, 0.3) is 6.08 Å². The minimum Gasteiger partial charge on any atom is -0.360 e. The van der Waals surface area contributed by atoms with Crippen LogP contribution >= 0.6 is 11.6 Å². The van der Waals surface area contributed by atoms with Gasteiger partial charge in [0.15, 0.2) is 5.76 Å². The van der Waals surface area contributed by atoms with E-state index in [1.54, 1.807) is 29.5 Å². The van der Waals surface area contributed by atoms with Crippen molar-refractivity contribution in [2.45, 2.75) is 52.5 Å². The van der Waals surface area contributed by atoms with Crippen LogP contribution in [0.15, 0.2) is 15.5 Å². The Morgan fingerprint density at radius 1 is 1.16 bits per heavy atom. The van der Waals surface area contributed by atoms with Crippen molar-refractivity contribution in [3.05, 3.63) is 33.9 Å². The van der Waals surface area contributed by atoms with Crippen LogP contribution in [0.5, 0.6) is 0 Å². The van der Waals surface area contributed by atoms with Gasteiger partial charge in [0.25, 0.3) is 0 Å². The molecule has 0 N–H and O–H groups in total. The molecule has 1 saturated heterocycles. The van der Waals surface area contributed by atoms with E-state index in [0.717, 1.165) is 11.3 Å². The molecule has 1 aliphatic heterocycles. The highest BCUT2D eigenvalue weighted by Gasteiger charge is 2.32. The number of carbonyl (C=O) groups excluding carboxylic acids is 1. The standard InChI is InChI=1S/C21H30ClN5O4S/c1-14(2)13-27-21(22)18(15(3)23-27)7-8-19(28)25-9-6-10-26(12-11-25)32(29,30)20-16(4)24-31-17(20)5/h7-8,14H,6,9-13H2,1-5H3/b8-7+. The Balaban J connectivity index is 1.70. The maximum Gasteiger partial charge on any atom is 0.248 e. The maximum atomic E-state index is 13.1. The first-order valence-electron chi connectivity index (χ1n) is 10.6. The van der Waals surface area contributed by atoms with E-state index in [-0.39, 0.29) is 23.1 Å². The van der Waals surface area contributed by atoms with Crippen LogP contribution in [0.4, 0.5) is 0 Å². The van der Waals surface area contributed by atoms with Gasteiger partial charge in [-0.05, 0) is 39.2 Å². The highest BCUT2D eigenvalue weighted by molar-refractivity contribution is 7.89. The van der Waals surface area contributed by atoms with Gasteiger partial charge < -0.3 is 9.42 Å². The summed E-state index contributed by atoms with van der Waals surface area (Å²) in [6.07, 6.45) is 3.70. The molecule has 0 unspecified atom stereocenters. The lowest BCUT2D eigenvalue weighted by Crippen LogP contribution is -2.37. The molecule has 2 aromatic rings. The number of rotatable bonds is 6. The lowest BCUT2D eigenvalue weighted by molar-refractivity contribution is -0.125. The van der Waals surface area contributed by atoms with Crippen molar-refractivity contribution in [2.24, 2.45) is 5.92 Å². The predicted octanol–water partition coefficient (Wildman–Crippen LogP) is 3.04. The number of halogens is 1. The second kappa shape index (κ2) is 9.76. The zero-order chi connectivity index (χ0) is 23.6. The largest absolute Gasteiger partial charge is 0.360 e. The topological polar surface area (TPSA) is 102 Å². The van der Waals surface area contributed by atoms with Crippen molar-refractivity contribution in [1.29, 1.82) is 0 Å². The Morgan fingerprint density at radius 3 is 2.50 bits per heavy atom. The van der Waals surface area contributed by atoms with Crippen LogP contribution in [0.3, 0.4) is 0 Å². The fraction of sp³-hybridized carbons (Fsp3) is 0.571. The van der Waals surface area contributed by atoms with Crippen LogP contribution in [-0.4, -0.2) is 64.6 Å². The van der Waals surface area contributed by atoms with Gasteiger partial charge in [0.05, 0.1) is 5.69 Å². The summed E-state index contributed by atoms with van der Waals surface area (Å²) in [6, 6.07) is 0. The third kappa shape index (κ3) is 5.07. The Labute approximate surface area is 194 Å². The summed E-state index contributed by atoms with van der Waals surface area (Å²) < 4.78 is 34.3. The molecular formula is C21H30ClN5O4S. The summed E-state index contributed by atoms with van der Waals surface area (Å²) in [5.41, 5.74) is 1.82. The minimum absolute atomic E-state index is 0.112. The summed E-state index contributed by atoms with van der Waals surface area (Å²) in [5, 5.41) is 8.72. The summed E-state index contributed by atoms with van der Waals surface area (Å²) >= 11 is 6.45. The van der Waals surface area contributed by atoms with E-state index in [0.29, 0.717) is 49.4 Å². The van der Waals surface area contributed by atoms with Crippen LogP contribution in [-0.2, 0) is 21.4 Å². The van der Waals surface area contributed by atoms with Crippen molar-refractivity contribution in [1.82, 2.24) is 24.1 Å². The number of amides is 1. The molecule has 1 amide bonds. The molecular weight excluding hydrogens is 454 g/mol. The quantitative estimate of drug-likeness (QED) is 0.585. The van der Waals surface area contributed by atoms with Crippen molar-refractivity contribution >= 4 is 33.6 Å². The zero-order valence-corrected chi connectivity index (χ0v) is 20.7. The monoisotopic (exact) mass is 483 g/mol. The fourth-order valence-electron chi connectivity index (χ4n) is 3.81. The molecule has 1 aliphatic rings. The SMILES string of the molecule is Cc1nn(CC(C)C)c(Cl)c1/C=C/C(=O)N1CCCN(S(=O)(=O)c2c(C)noc2C)CC1. The first kappa shape index (κ1) is 24.5. The van der Waals surface area contributed by atoms with E-state index in [4.69, 9.17) is 16.1 Å². The second-order valence-electron chi connectivity index (χ2n) is 8.44. The van der Waals surface area contributed by atoms with E-state index in [1.165, 1.54) is 10.4 Å². The molecule has 0 aromatic carbocycles. The van der Waals surface area contributed by atoms with Gasteiger partial charge in [-0.2, -0.15) is 9.40 Å². The molecule has 0 spiro atoms. The molecule has 0 aliphatic carbocycles. The van der Waals surface area contributed by atoms with E-state index >= 15 is 0 Å². The van der Waals surface area contributed by atoms with E-state index in [2.05, 4.69) is 24.1 Å². The third-order valence-corrected chi connectivity index (χ3v) is 7.91. The lowest BCUT2D eigenvalue weighted by Gasteiger charge is -2.21. The summed E-state index contributed by atoms with van der Waals surface area (Å²) in [6.45, 7) is 11.2. The number of hydrogen-bond donors (Lipinski definition) is 0. The van der Waals surface area contributed by atoms with Crippen molar-refractivity contribution in [3.63, 3.8) is 0 Å². The Bertz CT molecular complexity index is 1100. The van der Waals surface area contributed by atoms with Crippen molar-refractivity contribution < 1.29 is 17.7 Å². The average molecular weight is 484 g/mol. The number of aryl methyl sites for hydroxylation is 3. The number of nitrogens with zero attached hydrogens (tertiary/aromatic N) is 5. The number of hydrogen-bond acceptors (Lipinski definition) is 6. The van der Waals surface area contributed by atoms with Crippen LogP contribution < -0.4 is 0 Å². The zero-order valence-electron chi connectivity index (χ0n) is 19.1. The molecule has 0 atom stereocenters. The smallest absolute Gasteiger partial charge is 0.248 e. The first-order valence-corrected chi connectivity index (χ1v) is 12.5. The van der Waals surface area contributed by atoms with Gasteiger partial charge in [-0.1, -0.05) is 30.6 Å². The van der Waals surface area contributed by atoms with Crippen LogP contribution in [0.2, 0.25) is 5.15 Å². The molecule has 32 heavy (non-hydrogen) atoms. The second-order valence-corrected chi connectivity index (χ2v) is 10.7. The predicted molar refractivity (Wildman–Crippen MR) is 122 cm³/mol. The summed E-state index contributed by atoms with van der Waals surface area (Å²) in [7, 11) is -3.73. The number of sulfonamides is 1. The maximum absolute atomic E-state index is 13.1. The van der Waals surface area contributed by atoms with Gasteiger partial charge in [0.2, 0.25) is 15.9 Å². The highest BCUT2D eigenvalue weighted by atomic mass is 35.5. The Kier molecular flexibility index (Phi) is 7.46. The minimum atomic E-state index is -3.73. The van der Waals surface area contributed by atoms with Gasteiger partial charge in [0.1, 0.15) is 15.7 Å². The first-order chi connectivity index (χ1) is 15.0. The van der Waals surface area contributed by atoms with Gasteiger partial charge >= 0.3 is 0 Å². The van der Waals surface area contributed by atoms with Crippen molar-refractivity contribution in [2.75, 3.05) is 26.2 Å². The van der Waals surface area contributed by atoms with Crippen molar-refractivity contribution in [3.8, 4) is 0 Å². The molecule has 0 saturated carbocycles. The molecule has 2 aromatic heterocycles. The highest BCUT2D eigenvalue weighted by Crippen LogP contribution is 2.25. The lowest BCUT2D eigenvalue weighted by atomic mass is 10.2. The molecule has 0 bridgehead atoms. The molecule has 1 fully saturated rings. The molecule has 176 valence electrons. The van der Waals surface area contributed by atoms with Gasteiger partial charge in [-0.15, -0.1) is 0 Å². The van der Waals surface area contributed by atoms with E-state index in [1.807, 2.05) is 6.92 Å². The van der Waals surface area contributed by atoms with Crippen LogP contribution in [0, 0.1) is 26.7 Å². The van der Waals surface area contributed by atoms with E-state index in [9.17, 15) is 13.2 Å². The van der Waals surface area contributed by atoms with Gasteiger partial charge in [-0.3, -0.25) is 9.48 Å². The summed E-state index contributed by atoms with van der Waals surface area (Å²) in [4.78, 5) is 14.6. The molecule has 9 nitrogen and oxygen atoms in total. The van der Waals surface area contributed by atoms with Crippen LogP contribution in [0.1, 0.15) is 43.0 Å². The molecule has 3 heterocycles. The molecule has 0 radical (unpaired) electrons. The molecule has 11 heteroatoms. The molecule has 3 rings (SSSR count). The normalized spacial score (nSPS) is 16.3. The Morgan fingerprint density at radius 2 is 1.88 bits per heavy atom. The average Bonchev–Trinajstić information content (AvgIpc) is 3.05. The Hall–Kier alpha value is -2.17.